The fourth-order valence-electron chi connectivity index (χ4n) is 4.05. The van der Waals surface area contributed by atoms with E-state index in [2.05, 4.69) is 6.07 Å². The van der Waals surface area contributed by atoms with Gasteiger partial charge < -0.3 is 0 Å². The molecule has 0 radical (unpaired) electrons. The van der Waals surface area contributed by atoms with Crippen LogP contribution in [0, 0.1) is 17.2 Å². The first-order valence-corrected chi connectivity index (χ1v) is 9.58. The maximum atomic E-state index is 13.4. The molecule has 2 unspecified atom stereocenters. The summed E-state index contributed by atoms with van der Waals surface area (Å²) in [4.78, 5) is 26.8. The lowest BCUT2D eigenvalue weighted by Gasteiger charge is -2.31. The van der Waals surface area contributed by atoms with Crippen molar-refractivity contribution < 1.29 is 9.59 Å². The van der Waals surface area contributed by atoms with Gasteiger partial charge in [0.15, 0.2) is 11.6 Å². The van der Waals surface area contributed by atoms with E-state index < -0.39 is 5.92 Å². The average molecular weight is 377 g/mol. The van der Waals surface area contributed by atoms with Gasteiger partial charge in [-0.25, -0.2) is 0 Å². The molecule has 1 aliphatic rings. The number of nitriles is 1. The highest BCUT2D eigenvalue weighted by molar-refractivity contribution is 6.21. The van der Waals surface area contributed by atoms with Crippen LogP contribution in [-0.2, 0) is 4.79 Å². The van der Waals surface area contributed by atoms with Crippen molar-refractivity contribution in [1.82, 2.24) is 0 Å². The molecule has 0 saturated heterocycles. The predicted octanol–water partition coefficient (Wildman–Crippen LogP) is 5.22. The Morgan fingerprint density at radius 3 is 1.97 bits per heavy atom. The zero-order valence-corrected chi connectivity index (χ0v) is 15.8. The highest BCUT2D eigenvalue weighted by Crippen LogP contribution is 2.43. The summed E-state index contributed by atoms with van der Waals surface area (Å²) < 4.78 is 0. The van der Waals surface area contributed by atoms with E-state index in [0.29, 0.717) is 17.6 Å². The van der Waals surface area contributed by atoms with Gasteiger partial charge >= 0.3 is 0 Å². The van der Waals surface area contributed by atoms with Crippen molar-refractivity contribution in [2.24, 2.45) is 5.92 Å². The van der Waals surface area contributed by atoms with E-state index in [1.165, 1.54) is 0 Å². The quantitative estimate of drug-likeness (QED) is 0.463. The van der Waals surface area contributed by atoms with Crippen LogP contribution in [0.1, 0.15) is 33.8 Å². The normalized spacial score (nSPS) is 18.9. The number of rotatable bonds is 4. The van der Waals surface area contributed by atoms with Gasteiger partial charge in [-0.1, -0.05) is 91.0 Å². The summed E-state index contributed by atoms with van der Waals surface area (Å²) in [6.45, 7) is 0. The molecule has 4 rings (SSSR count). The molecule has 0 aromatic heterocycles. The lowest BCUT2D eigenvalue weighted by atomic mass is 9.68. The Labute approximate surface area is 169 Å². The van der Waals surface area contributed by atoms with E-state index in [1.54, 1.807) is 24.3 Å². The minimum Gasteiger partial charge on any atom is -0.293 e. The minimum atomic E-state index is -0.901. The first kappa shape index (κ1) is 18.6. The highest BCUT2D eigenvalue weighted by atomic mass is 16.2. The summed E-state index contributed by atoms with van der Waals surface area (Å²) >= 11 is 0. The van der Waals surface area contributed by atoms with Crippen LogP contribution in [0.15, 0.2) is 96.6 Å². The van der Waals surface area contributed by atoms with Gasteiger partial charge in [0.25, 0.3) is 0 Å². The third kappa shape index (κ3) is 3.53. The van der Waals surface area contributed by atoms with Crippen LogP contribution in [-0.4, -0.2) is 11.6 Å². The monoisotopic (exact) mass is 377 g/mol. The van der Waals surface area contributed by atoms with Crippen molar-refractivity contribution in [3.63, 3.8) is 0 Å². The topological polar surface area (TPSA) is 57.9 Å². The molecule has 0 N–H and O–H groups in total. The lowest BCUT2D eigenvalue weighted by Crippen LogP contribution is -2.35. The molecule has 0 amide bonds. The molecule has 0 bridgehead atoms. The van der Waals surface area contributed by atoms with Crippen LogP contribution in [0.4, 0.5) is 0 Å². The Balaban J connectivity index is 1.87. The SMILES string of the molecule is N#CC1=C(c2ccccc2)CC(c2ccccc2)C(C(=O)c2ccccc2)C1=O. The van der Waals surface area contributed by atoms with Gasteiger partial charge in [0.1, 0.15) is 6.07 Å². The van der Waals surface area contributed by atoms with Gasteiger partial charge in [-0.05, 0) is 23.1 Å². The van der Waals surface area contributed by atoms with Crippen LogP contribution >= 0.6 is 0 Å². The predicted molar refractivity (Wildman–Crippen MR) is 112 cm³/mol. The summed E-state index contributed by atoms with van der Waals surface area (Å²) in [5.41, 5.74) is 3.08. The van der Waals surface area contributed by atoms with Gasteiger partial charge in [-0.3, -0.25) is 9.59 Å². The van der Waals surface area contributed by atoms with Crippen LogP contribution in [0.25, 0.3) is 5.57 Å². The summed E-state index contributed by atoms with van der Waals surface area (Å²) in [6.07, 6.45) is 0.464. The van der Waals surface area contributed by atoms with Crippen LogP contribution < -0.4 is 0 Å². The average Bonchev–Trinajstić information content (AvgIpc) is 2.79. The van der Waals surface area contributed by atoms with E-state index in [0.717, 1.165) is 11.1 Å². The van der Waals surface area contributed by atoms with Crippen LogP contribution in [0.5, 0.6) is 0 Å². The van der Waals surface area contributed by atoms with Gasteiger partial charge in [0.05, 0.1) is 11.5 Å². The van der Waals surface area contributed by atoms with Gasteiger partial charge in [-0.2, -0.15) is 5.26 Å². The first-order chi connectivity index (χ1) is 14.2. The number of ketones is 2. The fraction of sp³-hybridized carbons (Fsp3) is 0.115. The number of carbonyl (C=O) groups is 2. The number of hydrogen-bond acceptors (Lipinski definition) is 3. The lowest BCUT2D eigenvalue weighted by molar-refractivity contribution is -0.118. The molecule has 140 valence electrons. The standard InChI is InChI=1S/C26H19NO2/c27-17-23-21(18-10-4-1-5-11-18)16-22(19-12-6-2-7-13-19)24(26(23)29)25(28)20-14-8-3-9-15-20/h1-15,22,24H,16H2. The third-order valence-corrected chi connectivity index (χ3v) is 5.46. The van der Waals surface area contributed by atoms with Crippen molar-refractivity contribution in [2.45, 2.75) is 12.3 Å². The second-order valence-corrected chi connectivity index (χ2v) is 7.12. The maximum absolute atomic E-state index is 13.4. The molecule has 3 heteroatoms. The molecular formula is C26H19NO2. The third-order valence-electron chi connectivity index (χ3n) is 5.46. The number of carbonyl (C=O) groups excluding carboxylic acids is 2. The highest BCUT2D eigenvalue weighted by Gasteiger charge is 2.42. The molecule has 1 aliphatic carbocycles. The van der Waals surface area contributed by atoms with Crippen LogP contribution in [0.2, 0.25) is 0 Å². The van der Waals surface area contributed by atoms with E-state index in [-0.39, 0.29) is 23.1 Å². The van der Waals surface area contributed by atoms with E-state index in [4.69, 9.17) is 0 Å². The summed E-state index contributed by atoms with van der Waals surface area (Å²) in [6, 6.07) is 30.1. The molecule has 0 heterocycles. The van der Waals surface area contributed by atoms with Gasteiger partial charge in [0.2, 0.25) is 0 Å². The second-order valence-electron chi connectivity index (χ2n) is 7.12. The Bertz CT molecular complexity index is 1110. The van der Waals surface area contributed by atoms with Gasteiger partial charge in [-0.15, -0.1) is 0 Å². The smallest absolute Gasteiger partial charge is 0.185 e. The van der Waals surface area contributed by atoms with Crippen LogP contribution in [0.3, 0.4) is 0 Å². The summed E-state index contributed by atoms with van der Waals surface area (Å²) in [5, 5.41) is 9.78. The molecule has 0 aliphatic heterocycles. The molecule has 29 heavy (non-hydrogen) atoms. The number of nitrogens with zero attached hydrogens (tertiary/aromatic N) is 1. The van der Waals surface area contributed by atoms with Crippen molar-refractivity contribution >= 4 is 17.1 Å². The molecular weight excluding hydrogens is 358 g/mol. The number of allylic oxidation sites excluding steroid dienone is 2. The first-order valence-electron chi connectivity index (χ1n) is 9.58. The Morgan fingerprint density at radius 2 is 1.38 bits per heavy atom. The minimum absolute atomic E-state index is 0.0951. The number of hydrogen-bond donors (Lipinski definition) is 0. The van der Waals surface area contributed by atoms with Crippen molar-refractivity contribution in [3.8, 4) is 6.07 Å². The maximum Gasteiger partial charge on any atom is 0.185 e. The van der Waals surface area contributed by atoms with E-state index in [1.807, 2.05) is 66.7 Å². The second kappa shape index (κ2) is 8.08. The summed E-state index contributed by atoms with van der Waals surface area (Å²) in [7, 11) is 0. The molecule has 0 saturated carbocycles. The van der Waals surface area contributed by atoms with Crippen molar-refractivity contribution in [3.05, 3.63) is 113 Å². The molecule has 3 aromatic carbocycles. The Morgan fingerprint density at radius 1 is 0.828 bits per heavy atom. The number of Topliss-reactive ketones (excluding diaryl/α,β-unsaturated/α-hetero) is 2. The van der Waals surface area contributed by atoms with Crippen molar-refractivity contribution in [1.29, 1.82) is 5.26 Å². The molecule has 3 nitrogen and oxygen atoms in total. The van der Waals surface area contributed by atoms with Gasteiger partial charge in [0, 0.05) is 11.5 Å². The fourth-order valence-corrected chi connectivity index (χ4v) is 4.05. The number of benzene rings is 3. The zero-order chi connectivity index (χ0) is 20.2. The largest absolute Gasteiger partial charge is 0.293 e. The Kier molecular flexibility index (Phi) is 5.18. The van der Waals surface area contributed by atoms with Crippen molar-refractivity contribution in [2.75, 3.05) is 0 Å². The summed E-state index contributed by atoms with van der Waals surface area (Å²) in [5.74, 6) is -1.84. The van der Waals surface area contributed by atoms with E-state index >= 15 is 0 Å². The molecule has 3 aromatic rings. The molecule has 0 spiro atoms. The molecule has 2 atom stereocenters. The molecule has 0 fully saturated rings. The Hall–Kier alpha value is -3.77. The zero-order valence-electron chi connectivity index (χ0n) is 15.8. The van der Waals surface area contributed by atoms with E-state index in [9.17, 15) is 14.9 Å².